The maximum absolute atomic E-state index is 10.6. The highest BCUT2D eigenvalue weighted by Crippen LogP contribution is 2.34. The molecule has 8 nitrogen and oxygen atoms in total. The number of nitrogens with zero attached hydrogens (tertiary/aromatic N) is 5. The molecule has 2 N–H and O–H groups in total. The SMILES string of the molecule is Cc1ccc2oc(-c3ccc(-c4cnc(N5C[C@@H](C)N[C@@H](C)C5)nn4)c(O)c3)cc2n1.Cl.Cl. The molecule has 0 amide bonds. The Bertz CT molecular complexity index is 1240. The number of nitrogens with one attached hydrogen (secondary N) is 1. The van der Waals surface area contributed by atoms with Crippen LogP contribution in [0.5, 0.6) is 5.75 Å². The number of pyridine rings is 1. The number of hydrogen-bond acceptors (Lipinski definition) is 8. The molecular formula is C23H26Cl2N6O2. The van der Waals surface area contributed by atoms with Gasteiger partial charge in [-0.3, -0.25) is 0 Å². The minimum Gasteiger partial charge on any atom is -0.507 e. The maximum atomic E-state index is 10.6. The molecule has 0 radical (unpaired) electrons. The number of hydrogen-bond donors (Lipinski definition) is 2. The van der Waals surface area contributed by atoms with Crippen molar-refractivity contribution in [3.05, 3.63) is 48.3 Å². The molecule has 1 saturated heterocycles. The molecule has 3 aromatic heterocycles. The lowest BCUT2D eigenvalue weighted by atomic mass is 10.1. The standard InChI is InChI=1S/C23H24N6O2.2ClH/c1-13-4-7-21-18(26-13)9-22(31-21)16-5-6-17(20(30)8-16)19-10-24-23(28-27-19)29-11-14(2)25-15(3)12-29;;/h4-10,14-15,25,30H,11-12H2,1-3H3;2*1H/t14-,15+;;. The van der Waals surface area contributed by atoms with Gasteiger partial charge in [-0.15, -0.1) is 35.0 Å². The summed E-state index contributed by atoms with van der Waals surface area (Å²) in [4.78, 5) is 11.1. The molecule has 0 unspecified atom stereocenters. The number of furan rings is 1. The Labute approximate surface area is 204 Å². The van der Waals surface area contributed by atoms with Crippen LogP contribution in [-0.4, -0.2) is 50.4 Å². The third kappa shape index (κ3) is 5.03. The summed E-state index contributed by atoms with van der Waals surface area (Å²) >= 11 is 0. The minimum absolute atomic E-state index is 0. The Morgan fingerprint density at radius 2 is 1.79 bits per heavy atom. The first-order valence-electron chi connectivity index (χ1n) is 10.4. The van der Waals surface area contributed by atoms with Gasteiger partial charge in [-0.1, -0.05) is 6.07 Å². The molecular weight excluding hydrogens is 463 g/mol. The van der Waals surface area contributed by atoms with Crippen LogP contribution in [0.1, 0.15) is 19.5 Å². The number of phenolic OH excluding ortho intramolecular Hbond substituents is 1. The van der Waals surface area contributed by atoms with Crippen molar-refractivity contribution >= 4 is 41.9 Å². The Hall–Kier alpha value is -2.94. The van der Waals surface area contributed by atoms with Crippen LogP contribution in [0.2, 0.25) is 0 Å². The van der Waals surface area contributed by atoms with Crippen molar-refractivity contribution in [3.63, 3.8) is 0 Å². The van der Waals surface area contributed by atoms with E-state index >= 15 is 0 Å². The number of phenols is 1. The van der Waals surface area contributed by atoms with Crippen LogP contribution < -0.4 is 10.2 Å². The monoisotopic (exact) mass is 488 g/mol. The van der Waals surface area contributed by atoms with Gasteiger partial charge in [-0.25, -0.2) is 9.97 Å². The van der Waals surface area contributed by atoms with Gasteiger partial charge in [0.15, 0.2) is 5.58 Å². The van der Waals surface area contributed by atoms with Gasteiger partial charge >= 0.3 is 0 Å². The molecule has 174 valence electrons. The molecule has 2 atom stereocenters. The van der Waals surface area contributed by atoms with Crippen LogP contribution in [-0.2, 0) is 0 Å². The molecule has 1 aliphatic heterocycles. The van der Waals surface area contributed by atoms with Crippen LogP contribution in [0.15, 0.2) is 47.0 Å². The lowest BCUT2D eigenvalue weighted by Gasteiger charge is -2.35. The number of rotatable bonds is 3. The van der Waals surface area contributed by atoms with Gasteiger partial charge < -0.3 is 19.7 Å². The molecule has 1 aromatic carbocycles. The Morgan fingerprint density at radius 1 is 1.03 bits per heavy atom. The summed E-state index contributed by atoms with van der Waals surface area (Å²) in [5, 5.41) is 22.8. The normalized spacial score (nSPS) is 18.0. The Morgan fingerprint density at radius 3 is 2.45 bits per heavy atom. The lowest BCUT2D eigenvalue weighted by molar-refractivity contribution is 0.402. The highest BCUT2D eigenvalue weighted by Gasteiger charge is 2.23. The van der Waals surface area contributed by atoms with Crippen molar-refractivity contribution in [2.24, 2.45) is 0 Å². The summed E-state index contributed by atoms with van der Waals surface area (Å²) < 4.78 is 5.89. The number of benzene rings is 1. The van der Waals surface area contributed by atoms with Crippen LogP contribution in [0, 0.1) is 6.92 Å². The smallest absolute Gasteiger partial charge is 0.245 e. The number of anilines is 1. The molecule has 5 rings (SSSR count). The van der Waals surface area contributed by atoms with E-state index in [0.717, 1.165) is 29.9 Å². The third-order valence-corrected chi connectivity index (χ3v) is 5.46. The second-order valence-corrected chi connectivity index (χ2v) is 8.20. The summed E-state index contributed by atoms with van der Waals surface area (Å²) in [6.45, 7) is 7.89. The predicted molar refractivity (Wildman–Crippen MR) is 133 cm³/mol. The summed E-state index contributed by atoms with van der Waals surface area (Å²) in [6, 6.07) is 11.8. The Kier molecular flexibility index (Phi) is 7.41. The van der Waals surface area contributed by atoms with Crippen LogP contribution in [0.25, 0.3) is 33.7 Å². The zero-order chi connectivity index (χ0) is 21.5. The van der Waals surface area contributed by atoms with E-state index in [1.165, 1.54) is 0 Å². The van der Waals surface area contributed by atoms with Crippen molar-refractivity contribution in [3.8, 4) is 28.3 Å². The first-order chi connectivity index (χ1) is 15.0. The molecule has 1 fully saturated rings. The fourth-order valence-electron chi connectivity index (χ4n) is 4.10. The van der Waals surface area contributed by atoms with Gasteiger partial charge in [-0.2, -0.15) is 0 Å². The molecule has 0 bridgehead atoms. The van der Waals surface area contributed by atoms with Crippen molar-refractivity contribution in [1.29, 1.82) is 0 Å². The quantitative estimate of drug-likeness (QED) is 0.437. The second-order valence-electron chi connectivity index (χ2n) is 8.20. The summed E-state index contributed by atoms with van der Waals surface area (Å²) in [5.74, 6) is 1.34. The summed E-state index contributed by atoms with van der Waals surface area (Å²) in [7, 11) is 0. The van der Waals surface area contributed by atoms with Crippen molar-refractivity contribution in [2.45, 2.75) is 32.9 Å². The predicted octanol–water partition coefficient (Wildman–Crippen LogP) is 4.39. The van der Waals surface area contributed by atoms with Gasteiger partial charge in [0.05, 0.1) is 6.20 Å². The average Bonchev–Trinajstić information content (AvgIpc) is 3.16. The number of halogens is 2. The second kappa shape index (κ2) is 9.91. The van der Waals surface area contributed by atoms with E-state index in [-0.39, 0.29) is 30.6 Å². The fourth-order valence-corrected chi connectivity index (χ4v) is 4.10. The van der Waals surface area contributed by atoms with E-state index in [1.54, 1.807) is 18.3 Å². The molecule has 0 saturated carbocycles. The zero-order valence-corrected chi connectivity index (χ0v) is 20.2. The first kappa shape index (κ1) is 24.7. The lowest BCUT2D eigenvalue weighted by Crippen LogP contribution is -2.54. The number of aromatic hydroxyl groups is 1. The van der Waals surface area contributed by atoms with Gasteiger partial charge in [-0.05, 0) is 45.0 Å². The Balaban J connectivity index is 0.00000153. The van der Waals surface area contributed by atoms with Crippen LogP contribution in [0.3, 0.4) is 0 Å². The summed E-state index contributed by atoms with van der Waals surface area (Å²) in [5.41, 5.74) is 4.29. The molecule has 4 heterocycles. The third-order valence-electron chi connectivity index (χ3n) is 5.46. The highest BCUT2D eigenvalue weighted by atomic mass is 35.5. The number of aryl methyl sites for hydroxylation is 1. The van der Waals surface area contributed by atoms with E-state index in [0.29, 0.717) is 40.6 Å². The highest BCUT2D eigenvalue weighted by molar-refractivity contribution is 5.85. The average molecular weight is 489 g/mol. The first-order valence-corrected chi connectivity index (χ1v) is 10.4. The maximum Gasteiger partial charge on any atom is 0.245 e. The van der Waals surface area contributed by atoms with Crippen LogP contribution in [0.4, 0.5) is 5.95 Å². The minimum atomic E-state index is 0. The van der Waals surface area contributed by atoms with Gasteiger partial charge in [0.25, 0.3) is 0 Å². The zero-order valence-electron chi connectivity index (χ0n) is 18.5. The van der Waals surface area contributed by atoms with Crippen molar-refractivity contribution in [2.75, 3.05) is 18.0 Å². The van der Waals surface area contributed by atoms with E-state index < -0.39 is 0 Å². The molecule has 33 heavy (non-hydrogen) atoms. The van der Waals surface area contributed by atoms with E-state index in [4.69, 9.17) is 4.42 Å². The molecule has 0 spiro atoms. The number of fused-ring (bicyclic) bond motifs is 1. The van der Waals surface area contributed by atoms with E-state index in [9.17, 15) is 5.11 Å². The fraction of sp³-hybridized carbons (Fsp3) is 0.304. The van der Waals surface area contributed by atoms with E-state index in [1.807, 2.05) is 31.2 Å². The summed E-state index contributed by atoms with van der Waals surface area (Å²) in [6.07, 6.45) is 1.66. The van der Waals surface area contributed by atoms with Gasteiger partial charge in [0, 0.05) is 48.1 Å². The van der Waals surface area contributed by atoms with Crippen molar-refractivity contribution < 1.29 is 9.52 Å². The van der Waals surface area contributed by atoms with E-state index in [2.05, 4.69) is 44.2 Å². The number of piperazine rings is 1. The van der Waals surface area contributed by atoms with Gasteiger partial charge in [0.2, 0.25) is 5.95 Å². The van der Waals surface area contributed by atoms with Crippen molar-refractivity contribution in [1.82, 2.24) is 25.5 Å². The molecule has 0 aliphatic carbocycles. The topological polar surface area (TPSA) is 100 Å². The molecule has 10 heteroatoms. The molecule has 4 aromatic rings. The molecule has 1 aliphatic rings. The largest absolute Gasteiger partial charge is 0.507 e. The van der Waals surface area contributed by atoms with Gasteiger partial charge in [0.1, 0.15) is 22.7 Å². The van der Waals surface area contributed by atoms with Crippen LogP contribution >= 0.6 is 24.8 Å². The number of aromatic nitrogens is 4.